The summed E-state index contributed by atoms with van der Waals surface area (Å²) in [6, 6.07) is 16.7. The van der Waals surface area contributed by atoms with E-state index in [1.807, 2.05) is 42.5 Å². The third-order valence-electron chi connectivity index (χ3n) is 4.05. The average Bonchev–Trinajstić information content (AvgIpc) is 2.71. The summed E-state index contributed by atoms with van der Waals surface area (Å²) in [5, 5.41) is 17.0. The van der Waals surface area contributed by atoms with E-state index in [0.29, 0.717) is 16.7 Å². The first kappa shape index (κ1) is 19.7. The Morgan fingerprint density at radius 2 is 1.93 bits per heavy atom. The number of aromatic nitrogens is 1. The number of benzene rings is 2. The highest BCUT2D eigenvalue weighted by molar-refractivity contribution is 9.10. The number of nitro groups is 1. The largest absolute Gasteiger partial charge is 0.323 e. The molecule has 1 heterocycles. The minimum absolute atomic E-state index is 0.0563. The maximum atomic E-state index is 13.0. The van der Waals surface area contributed by atoms with Crippen molar-refractivity contribution >= 4 is 33.2 Å². The number of nitrogens with zero attached hydrogens (tertiary/aromatic N) is 2. The molecule has 0 saturated carbocycles. The number of non-ortho nitro benzene ring substituents is 1. The van der Waals surface area contributed by atoms with Crippen LogP contribution in [0.25, 0.3) is 0 Å². The van der Waals surface area contributed by atoms with Gasteiger partial charge in [-0.2, -0.15) is 0 Å². The number of anilines is 1. The lowest BCUT2D eigenvalue weighted by molar-refractivity contribution is -0.384. The number of carbonyl (C=O) groups is 1. The first-order valence-corrected chi connectivity index (χ1v) is 9.26. The minimum atomic E-state index is -0.608. The summed E-state index contributed by atoms with van der Waals surface area (Å²) in [5.74, 6) is -0.273. The van der Waals surface area contributed by atoms with Crippen molar-refractivity contribution in [3.05, 3.63) is 98.8 Å². The molecule has 28 heavy (non-hydrogen) atoms. The standard InChI is InChI=1S/C20H17BrN4O3/c21-17-11-16(25(27)28)8-9-18(17)24-20(26)19(15-6-2-1-3-7-15)23-13-14-5-4-10-22-12-14/h1-12,19,23H,13H2,(H,24,26)/t19-/m1/s1. The third kappa shape index (κ3) is 4.99. The van der Waals surface area contributed by atoms with Gasteiger partial charge in [-0.3, -0.25) is 25.2 Å². The van der Waals surface area contributed by atoms with Crippen molar-refractivity contribution < 1.29 is 9.72 Å². The van der Waals surface area contributed by atoms with Crippen LogP contribution in [-0.2, 0) is 11.3 Å². The quantitative estimate of drug-likeness (QED) is 0.423. The molecule has 1 atom stereocenters. The van der Waals surface area contributed by atoms with Gasteiger partial charge in [-0.1, -0.05) is 36.4 Å². The van der Waals surface area contributed by atoms with Gasteiger partial charge in [0.25, 0.3) is 5.69 Å². The van der Waals surface area contributed by atoms with E-state index in [9.17, 15) is 14.9 Å². The smallest absolute Gasteiger partial charge is 0.270 e. The number of hydrogen-bond acceptors (Lipinski definition) is 5. The normalized spacial score (nSPS) is 11.6. The Morgan fingerprint density at radius 1 is 1.14 bits per heavy atom. The Kier molecular flexibility index (Phi) is 6.46. The van der Waals surface area contributed by atoms with Crippen molar-refractivity contribution in [1.29, 1.82) is 0 Å². The van der Waals surface area contributed by atoms with Crippen LogP contribution >= 0.6 is 15.9 Å². The van der Waals surface area contributed by atoms with Gasteiger partial charge in [-0.15, -0.1) is 0 Å². The topological polar surface area (TPSA) is 97.2 Å². The highest BCUT2D eigenvalue weighted by Crippen LogP contribution is 2.28. The summed E-state index contributed by atoms with van der Waals surface area (Å²) in [4.78, 5) is 27.4. The fraction of sp³-hybridized carbons (Fsp3) is 0.100. The molecule has 0 saturated heterocycles. The maximum absolute atomic E-state index is 13.0. The number of nitro benzene ring substituents is 1. The van der Waals surface area contributed by atoms with E-state index < -0.39 is 11.0 Å². The minimum Gasteiger partial charge on any atom is -0.323 e. The summed E-state index contributed by atoms with van der Waals surface area (Å²) in [6.45, 7) is 0.461. The van der Waals surface area contributed by atoms with E-state index in [-0.39, 0.29) is 11.6 Å². The summed E-state index contributed by atoms with van der Waals surface area (Å²) in [5.41, 5.74) is 2.16. The molecule has 1 amide bonds. The molecule has 142 valence electrons. The number of amides is 1. The van der Waals surface area contributed by atoms with Crippen molar-refractivity contribution in [2.24, 2.45) is 0 Å². The molecule has 1 aromatic heterocycles. The van der Waals surface area contributed by atoms with E-state index in [1.165, 1.54) is 18.2 Å². The van der Waals surface area contributed by atoms with Crippen molar-refractivity contribution in [1.82, 2.24) is 10.3 Å². The number of rotatable bonds is 7. The summed E-state index contributed by atoms with van der Waals surface area (Å²) < 4.78 is 0.439. The molecule has 0 aliphatic carbocycles. The second-order valence-corrected chi connectivity index (χ2v) is 6.85. The van der Waals surface area contributed by atoms with Crippen molar-refractivity contribution in [3.63, 3.8) is 0 Å². The molecule has 0 radical (unpaired) electrons. The lowest BCUT2D eigenvalue weighted by Crippen LogP contribution is -2.32. The molecule has 3 rings (SSSR count). The van der Waals surface area contributed by atoms with Crippen LogP contribution in [0.15, 0.2) is 77.5 Å². The zero-order valence-electron chi connectivity index (χ0n) is 14.7. The Hall–Kier alpha value is -3.10. The van der Waals surface area contributed by atoms with Gasteiger partial charge in [0.1, 0.15) is 6.04 Å². The molecule has 2 N–H and O–H groups in total. The summed E-state index contributed by atoms with van der Waals surface area (Å²) in [7, 11) is 0. The van der Waals surface area contributed by atoms with Gasteiger partial charge in [0, 0.05) is 35.5 Å². The molecule has 2 aromatic carbocycles. The van der Waals surface area contributed by atoms with E-state index in [2.05, 4.69) is 31.5 Å². The summed E-state index contributed by atoms with van der Waals surface area (Å²) in [6.07, 6.45) is 3.43. The van der Waals surface area contributed by atoms with Gasteiger partial charge in [-0.25, -0.2) is 0 Å². The first-order chi connectivity index (χ1) is 13.5. The predicted octanol–water partition coefficient (Wildman–Crippen LogP) is 4.22. The highest BCUT2D eigenvalue weighted by Gasteiger charge is 2.21. The molecule has 0 aliphatic rings. The van der Waals surface area contributed by atoms with Gasteiger partial charge in [0.05, 0.1) is 10.6 Å². The predicted molar refractivity (Wildman–Crippen MR) is 110 cm³/mol. The highest BCUT2D eigenvalue weighted by atomic mass is 79.9. The molecule has 0 bridgehead atoms. The molecule has 0 aliphatic heterocycles. The number of pyridine rings is 1. The zero-order chi connectivity index (χ0) is 19.9. The van der Waals surface area contributed by atoms with Crippen molar-refractivity contribution in [2.45, 2.75) is 12.6 Å². The van der Waals surface area contributed by atoms with E-state index in [0.717, 1.165) is 11.1 Å². The van der Waals surface area contributed by atoms with Gasteiger partial charge >= 0.3 is 0 Å². The van der Waals surface area contributed by atoms with Crippen molar-refractivity contribution in [2.75, 3.05) is 5.32 Å². The Balaban J connectivity index is 1.79. The number of halogens is 1. The fourth-order valence-corrected chi connectivity index (χ4v) is 3.12. The van der Waals surface area contributed by atoms with Gasteiger partial charge in [0.2, 0.25) is 5.91 Å². The molecule has 0 unspecified atom stereocenters. The van der Waals surface area contributed by atoms with Gasteiger partial charge < -0.3 is 5.32 Å². The SMILES string of the molecule is O=C(Nc1ccc([N+](=O)[O-])cc1Br)[C@H](NCc1cccnc1)c1ccccc1. The second kappa shape index (κ2) is 9.20. The summed E-state index contributed by atoms with van der Waals surface area (Å²) >= 11 is 3.28. The average molecular weight is 441 g/mol. The van der Waals surface area contributed by atoms with Gasteiger partial charge in [-0.05, 0) is 39.2 Å². The molecular formula is C20H17BrN4O3. The van der Waals surface area contributed by atoms with Crippen LogP contribution < -0.4 is 10.6 Å². The van der Waals surface area contributed by atoms with Crippen LogP contribution in [0, 0.1) is 10.1 Å². The zero-order valence-corrected chi connectivity index (χ0v) is 16.3. The van der Waals surface area contributed by atoms with Crippen LogP contribution in [0.1, 0.15) is 17.2 Å². The van der Waals surface area contributed by atoms with Crippen LogP contribution in [0.4, 0.5) is 11.4 Å². The Labute approximate surface area is 170 Å². The van der Waals surface area contributed by atoms with Crippen LogP contribution in [-0.4, -0.2) is 15.8 Å². The lowest BCUT2D eigenvalue weighted by atomic mass is 10.1. The van der Waals surface area contributed by atoms with Crippen molar-refractivity contribution in [3.8, 4) is 0 Å². The molecule has 7 nitrogen and oxygen atoms in total. The lowest BCUT2D eigenvalue weighted by Gasteiger charge is -2.19. The Morgan fingerprint density at radius 3 is 2.57 bits per heavy atom. The van der Waals surface area contributed by atoms with Crippen LogP contribution in [0.2, 0.25) is 0 Å². The van der Waals surface area contributed by atoms with E-state index in [1.54, 1.807) is 12.4 Å². The third-order valence-corrected chi connectivity index (χ3v) is 4.71. The fourth-order valence-electron chi connectivity index (χ4n) is 2.65. The van der Waals surface area contributed by atoms with Gasteiger partial charge in [0.15, 0.2) is 0 Å². The number of hydrogen-bond donors (Lipinski definition) is 2. The molecule has 0 fully saturated rings. The molecular weight excluding hydrogens is 424 g/mol. The maximum Gasteiger partial charge on any atom is 0.270 e. The monoisotopic (exact) mass is 440 g/mol. The van der Waals surface area contributed by atoms with E-state index >= 15 is 0 Å². The Bertz CT molecular complexity index is 968. The molecule has 0 spiro atoms. The first-order valence-electron chi connectivity index (χ1n) is 8.46. The number of carbonyl (C=O) groups excluding carboxylic acids is 1. The number of nitrogens with one attached hydrogen (secondary N) is 2. The van der Waals surface area contributed by atoms with Crippen LogP contribution in [0.3, 0.4) is 0 Å². The molecule has 3 aromatic rings. The van der Waals surface area contributed by atoms with E-state index in [4.69, 9.17) is 0 Å². The molecule has 8 heteroatoms. The van der Waals surface area contributed by atoms with Crippen LogP contribution in [0.5, 0.6) is 0 Å². The second-order valence-electron chi connectivity index (χ2n) is 6.00.